The molecule has 1 fully saturated rings. The van der Waals surface area contributed by atoms with Gasteiger partial charge in [0.2, 0.25) is 0 Å². The smallest absolute Gasteiger partial charge is 0.183 e. The predicted molar refractivity (Wildman–Crippen MR) is 85.7 cm³/mol. The van der Waals surface area contributed by atoms with Crippen molar-refractivity contribution < 1.29 is 13.2 Å². The van der Waals surface area contributed by atoms with Crippen molar-refractivity contribution in [2.45, 2.75) is 16.1 Å². The summed E-state index contributed by atoms with van der Waals surface area (Å²) in [6.07, 6.45) is 0.456. The molecule has 1 aliphatic carbocycles. The minimum Gasteiger partial charge on any atom is -0.302 e. The molecular formula is C17H12ClNO3S. The second-order valence-corrected chi connectivity index (χ2v) is 7.98. The monoisotopic (exact) mass is 345 g/mol. The van der Waals surface area contributed by atoms with Gasteiger partial charge in [-0.05, 0) is 29.8 Å². The molecule has 0 spiro atoms. The lowest BCUT2D eigenvalue weighted by Crippen LogP contribution is -2.16. The van der Waals surface area contributed by atoms with Crippen LogP contribution in [-0.4, -0.2) is 20.0 Å². The van der Waals surface area contributed by atoms with Gasteiger partial charge in [0.1, 0.15) is 17.0 Å². The van der Waals surface area contributed by atoms with Gasteiger partial charge >= 0.3 is 0 Å². The van der Waals surface area contributed by atoms with Crippen molar-refractivity contribution in [1.29, 1.82) is 5.26 Å². The van der Waals surface area contributed by atoms with Gasteiger partial charge in [-0.2, -0.15) is 5.26 Å². The zero-order valence-electron chi connectivity index (χ0n) is 11.9. The molecule has 6 heteroatoms. The Morgan fingerprint density at radius 2 is 1.70 bits per heavy atom. The quantitative estimate of drug-likeness (QED) is 0.798. The van der Waals surface area contributed by atoms with E-state index in [2.05, 4.69) is 0 Å². The third-order valence-electron chi connectivity index (χ3n) is 4.20. The van der Waals surface area contributed by atoms with E-state index in [-0.39, 0.29) is 4.90 Å². The molecule has 0 aliphatic heterocycles. The first-order valence-electron chi connectivity index (χ1n) is 6.89. The number of nitrogens with zero attached hydrogens (tertiary/aromatic N) is 1. The molecule has 0 unspecified atom stereocenters. The molecule has 3 atom stereocenters. The number of aldehydes is 1. The largest absolute Gasteiger partial charge is 0.302 e. The predicted octanol–water partition coefficient (Wildman–Crippen LogP) is 2.99. The molecule has 0 N–H and O–H groups in total. The zero-order chi connectivity index (χ0) is 16.7. The van der Waals surface area contributed by atoms with Gasteiger partial charge in [0.15, 0.2) is 9.84 Å². The van der Waals surface area contributed by atoms with Gasteiger partial charge in [-0.25, -0.2) is 8.42 Å². The van der Waals surface area contributed by atoms with Crippen LogP contribution in [0.5, 0.6) is 0 Å². The summed E-state index contributed by atoms with van der Waals surface area (Å²) >= 11 is 5.84. The van der Waals surface area contributed by atoms with E-state index in [9.17, 15) is 18.5 Å². The van der Waals surface area contributed by atoms with Crippen LogP contribution in [0.25, 0.3) is 0 Å². The van der Waals surface area contributed by atoms with Crippen LogP contribution in [0, 0.1) is 16.7 Å². The maximum absolute atomic E-state index is 12.8. The summed E-state index contributed by atoms with van der Waals surface area (Å²) in [5, 5.41) is 8.87. The maximum Gasteiger partial charge on any atom is 0.183 e. The Kier molecular flexibility index (Phi) is 3.75. The Morgan fingerprint density at radius 1 is 1.09 bits per heavy atom. The zero-order valence-corrected chi connectivity index (χ0v) is 13.5. The Hall–Kier alpha value is -2.16. The van der Waals surface area contributed by atoms with Crippen molar-refractivity contribution in [2.75, 3.05) is 0 Å². The van der Waals surface area contributed by atoms with Gasteiger partial charge in [-0.1, -0.05) is 41.9 Å². The Morgan fingerprint density at radius 3 is 2.22 bits per heavy atom. The first-order chi connectivity index (χ1) is 11.0. The number of halogens is 1. The minimum absolute atomic E-state index is 0.114. The lowest BCUT2D eigenvalue weighted by atomic mass is 10.0. The molecule has 3 rings (SSSR count). The van der Waals surface area contributed by atoms with Crippen LogP contribution in [0.2, 0.25) is 5.02 Å². The number of carbonyl (C=O) groups excluding carboxylic acids is 1. The summed E-state index contributed by atoms with van der Waals surface area (Å²) in [5.74, 6) is -0.688. The van der Waals surface area contributed by atoms with Gasteiger partial charge in [0, 0.05) is 10.9 Å². The average Bonchev–Trinajstić information content (AvgIpc) is 3.27. The maximum atomic E-state index is 12.8. The minimum atomic E-state index is -3.79. The highest BCUT2D eigenvalue weighted by Gasteiger charge is 2.72. The SMILES string of the molecule is N#C[C@]1(C=O)[C@@H](c2ccc(Cl)cc2)[C@@H]1S(=O)(=O)c1ccccc1. The van der Waals surface area contributed by atoms with Crippen LogP contribution in [0.3, 0.4) is 0 Å². The highest BCUT2D eigenvalue weighted by atomic mass is 35.5. The van der Waals surface area contributed by atoms with E-state index in [4.69, 9.17) is 11.6 Å². The van der Waals surface area contributed by atoms with E-state index in [1.165, 1.54) is 12.1 Å². The van der Waals surface area contributed by atoms with E-state index in [0.29, 0.717) is 16.9 Å². The fraction of sp³-hybridized carbons (Fsp3) is 0.176. The molecule has 0 bridgehead atoms. The first kappa shape index (κ1) is 15.7. The van der Waals surface area contributed by atoms with Gasteiger partial charge in [0.05, 0.1) is 11.0 Å². The molecule has 0 aromatic heterocycles. The van der Waals surface area contributed by atoms with Crippen LogP contribution in [0.15, 0.2) is 59.5 Å². The molecular weight excluding hydrogens is 334 g/mol. The second-order valence-electron chi connectivity index (χ2n) is 5.47. The van der Waals surface area contributed by atoms with Crippen LogP contribution < -0.4 is 0 Å². The van der Waals surface area contributed by atoms with E-state index in [0.717, 1.165) is 0 Å². The first-order valence-corrected chi connectivity index (χ1v) is 8.82. The molecule has 0 saturated heterocycles. The average molecular weight is 346 g/mol. The number of rotatable bonds is 4. The Bertz CT molecular complexity index is 888. The summed E-state index contributed by atoms with van der Waals surface area (Å²) in [6, 6.07) is 16.3. The lowest BCUT2D eigenvalue weighted by Gasteiger charge is -2.04. The molecule has 0 amide bonds. The van der Waals surface area contributed by atoms with Crippen molar-refractivity contribution in [3.05, 3.63) is 65.2 Å². The molecule has 116 valence electrons. The molecule has 0 radical (unpaired) electrons. The summed E-state index contributed by atoms with van der Waals surface area (Å²) < 4.78 is 25.7. The standard InChI is InChI=1S/C17H12ClNO3S/c18-13-8-6-12(7-9-13)15-16(17(15,10-19)11-20)23(21,22)14-4-2-1-3-5-14/h1-9,11,15-16H/t15-,16-,17-/m0/s1. The summed E-state index contributed by atoms with van der Waals surface area (Å²) in [4.78, 5) is 11.7. The molecule has 1 saturated carbocycles. The summed E-state index contributed by atoms with van der Waals surface area (Å²) in [5.41, 5.74) is -0.935. The summed E-state index contributed by atoms with van der Waals surface area (Å²) in [7, 11) is -3.79. The fourth-order valence-corrected chi connectivity index (χ4v) is 5.37. The van der Waals surface area contributed by atoms with Crippen LogP contribution in [0.1, 0.15) is 11.5 Å². The van der Waals surface area contributed by atoms with E-state index < -0.39 is 26.4 Å². The van der Waals surface area contributed by atoms with E-state index in [1.54, 1.807) is 42.5 Å². The van der Waals surface area contributed by atoms with Crippen LogP contribution >= 0.6 is 11.6 Å². The van der Waals surface area contributed by atoms with E-state index >= 15 is 0 Å². The number of carbonyl (C=O) groups is 1. The van der Waals surface area contributed by atoms with Gasteiger partial charge in [-0.3, -0.25) is 0 Å². The number of hydrogen-bond acceptors (Lipinski definition) is 4. The van der Waals surface area contributed by atoms with Crippen molar-refractivity contribution >= 4 is 27.7 Å². The number of nitriles is 1. The van der Waals surface area contributed by atoms with Crippen molar-refractivity contribution in [3.8, 4) is 6.07 Å². The van der Waals surface area contributed by atoms with Crippen molar-refractivity contribution in [3.63, 3.8) is 0 Å². The second kappa shape index (κ2) is 5.48. The van der Waals surface area contributed by atoms with Gasteiger partial charge < -0.3 is 4.79 Å². The molecule has 2 aromatic carbocycles. The van der Waals surface area contributed by atoms with Crippen molar-refractivity contribution in [2.24, 2.45) is 5.41 Å². The summed E-state index contributed by atoms with van der Waals surface area (Å²) in [6.45, 7) is 0. The highest BCUT2D eigenvalue weighted by Crippen LogP contribution is 2.62. The van der Waals surface area contributed by atoms with Crippen molar-refractivity contribution in [1.82, 2.24) is 0 Å². The topological polar surface area (TPSA) is 75.0 Å². The Labute approximate surface area is 139 Å². The molecule has 23 heavy (non-hydrogen) atoms. The molecule has 2 aromatic rings. The molecule has 1 aliphatic rings. The van der Waals surface area contributed by atoms with Gasteiger partial charge in [0.25, 0.3) is 0 Å². The third kappa shape index (κ3) is 2.35. The van der Waals surface area contributed by atoms with E-state index in [1.807, 2.05) is 6.07 Å². The Balaban J connectivity index is 2.09. The van der Waals surface area contributed by atoms with Crippen LogP contribution in [0.4, 0.5) is 0 Å². The fourth-order valence-electron chi connectivity index (χ4n) is 2.99. The number of hydrogen-bond donors (Lipinski definition) is 0. The third-order valence-corrected chi connectivity index (χ3v) is 6.71. The normalized spacial score (nSPS) is 26.3. The molecule has 0 heterocycles. The number of sulfone groups is 1. The number of benzene rings is 2. The lowest BCUT2D eigenvalue weighted by molar-refractivity contribution is -0.110. The molecule has 4 nitrogen and oxygen atoms in total. The highest BCUT2D eigenvalue weighted by molar-refractivity contribution is 7.92. The van der Waals surface area contributed by atoms with Gasteiger partial charge in [-0.15, -0.1) is 0 Å². The van der Waals surface area contributed by atoms with Crippen LogP contribution in [-0.2, 0) is 14.6 Å².